The standard InChI is InChI=1S/C21H23FN2O3/c1-15-4-6-16(7-5-15)20(25)23-10-3-11-24(13-12-23)21(26)17-8-9-19(27-2)18(22)14-17/h4-9,14H,3,10-13H2,1-2H3. The van der Waals surface area contributed by atoms with E-state index in [2.05, 4.69) is 0 Å². The minimum atomic E-state index is -0.561. The molecule has 3 rings (SSSR count). The molecule has 142 valence electrons. The van der Waals surface area contributed by atoms with Crippen molar-refractivity contribution in [2.75, 3.05) is 33.3 Å². The van der Waals surface area contributed by atoms with Gasteiger partial charge in [-0.25, -0.2) is 4.39 Å². The normalized spacial score (nSPS) is 14.6. The van der Waals surface area contributed by atoms with Gasteiger partial charge in [-0.05, 0) is 43.7 Å². The molecular weight excluding hydrogens is 347 g/mol. The lowest BCUT2D eigenvalue weighted by atomic mass is 10.1. The van der Waals surface area contributed by atoms with Crippen molar-refractivity contribution in [3.8, 4) is 5.75 Å². The first-order valence-electron chi connectivity index (χ1n) is 8.98. The first-order valence-corrected chi connectivity index (χ1v) is 8.98. The second-order valence-corrected chi connectivity index (χ2v) is 6.65. The SMILES string of the molecule is COc1ccc(C(=O)N2CCCN(C(=O)c3ccc(C)cc3)CC2)cc1F. The Balaban J connectivity index is 1.67. The van der Waals surface area contributed by atoms with Crippen molar-refractivity contribution in [2.24, 2.45) is 0 Å². The van der Waals surface area contributed by atoms with Crippen LogP contribution < -0.4 is 4.74 Å². The van der Waals surface area contributed by atoms with Gasteiger partial charge in [-0.1, -0.05) is 17.7 Å². The summed E-state index contributed by atoms with van der Waals surface area (Å²) < 4.78 is 18.8. The first-order chi connectivity index (χ1) is 13.0. The van der Waals surface area contributed by atoms with Gasteiger partial charge in [-0.15, -0.1) is 0 Å². The summed E-state index contributed by atoms with van der Waals surface area (Å²) in [7, 11) is 1.38. The van der Waals surface area contributed by atoms with Gasteiger partial charge in [0, 0.05) is 37.3 Å². The molecule has 0 bridgehead atoms. The second-order valence-electron chi connectivity index (χ2n) is 6.65. The fourth-order valence-electron chi connectivity index (χ4n) is 3.18. The number of carbonyl (C=O) groups excluding carboxylic acids is 2. The van der Waals surface area contributed by atoms with Crippen LogP contribution in [-0.2, 0) is 0 Å². The summed E-state index contributed by atoms with van der Waals surface area (Å²) in [5.41, 5.74) is 2.04. The van der Waals surface area contributed by atoms with E-state index in [1.165, 1.54) is 19.2 Å². The molecule has 5 nitrogen and oxygen atoms in total. The summed E-state index contributed by atoms with van der Waals surface area (Å²) in [4.78, 5) is 28.8. The molecule has 2 aromatic rings. The molecule has 0 aliphatic carbocycles. The Kier molecular flexibility index (Phi) is 5.74. The third kappa shape index (κ3) is 4.27. The number of benzene rings is 2. The number of rotatable bonds is 3. The van der Waals surface area contributed by atoms with Crippen LogP contribution in [0.25, 0.3) is 0 Å². The van der Waals surface area contributed by atoms with Crippen LogP contribution in [0.4, 0.5) is 4.39 Å². The average molecular weight is 370 g/mol. The molecule has 1 heterocycles. The third-order valence-electron chi connectivity index (χ3n) is 4.77. The zero-order chi connectivity index (χ0) is 19.4. The van der Waals surface area contributed by atoms with Crippen LogP contribution in [-0.4, -0.2) is 54.9 Å². The number of amides is 2. The molecule has 2 amide bonds. The van der Waals surface area contributed by atoms with Crippen molar-refractivity contribution in [2.45, 2.75) is 13.3 Å². The predicted molar refractivity (Wildman–Crippen MR) is 101 cm³/mol. The highest BCUT2D eigenvalue weighted by Crippen LogP contribution is 2.19. The maximum Gasteiger partial charge on any atom is 0.254 e. The fraction of sp³-hybridized carbons (Fsp3) is 0.333. The van der Waals surface area contributed by atoms with Crippen LogP contribution in [0.1, 0.15) is 32.7 Å². The van der Waals surface area contributed by atoms with Crippen molar-refractivity contribution in [3.63, 3.8) is 0 Å². The topological polar surface area (TPSA) is 49.9 Å². The number of hydrogen-bond acceptors (Lipinski definition) is 3. The highest BCUT2D eigenvalue weighted by Gasteiger charge is 2.24. The van der Waals surface area contributed by atoms with Crippen LogP contribution in [0.15, 0.2) is 42.5 Å². The van der Waals surface area contributed by atoms with Gasteiger partial charge in [0.2, 0.25) is 0 Å². The molecule has 0 atom stereocenters. The maximum atomic E-state index is 13.9. The van der Waals surface area contributed by atoms with Crippen molar-refractivity contribution >= 4 is 11.8 Å². The van der Waals surface area contributed by atoms with E-state index in [-0.39, 0.29) is 23.1 Å². The number of ether oxygens (including phenoxy) is 1. The van der Waals surface area contributed by atoms with Crippen LogP contribution >= 0.6 is 0 Å². The van der Waals surface area contributed by atoms with Crippen LogP contribution in [0.2, 0.25) is 0 Å². The molecule has 1 aliphatic rings. The number of nitrogens with zero attached hydrogens (tertiary/aromatic N) is 2. The minimum Gasteiger partial charge on any atom is -0.494 e. The van der Waals surface area contributed by atoms with E-state index in [9.17, 15) is 14.0 Å². The van der Waals surface area contributed by atoms with Crippen LogP contribution in [0.5, 0.6) is 5.75 Å². The lowest BCUT2D eigenvalue weighted by molar-refractivity contribution is 0.0718. The zero-order valence-corrected chi connectivity index (χ0v) is 15.6. The Labute approximate surface area is 158 Å². The summed E-state index contributed by atoms with van der Waals surface area (Å²) >= 11 is 0. The smallest absolute Gasteiger partial charge is 0.254 e. The zero-order valence-electron chi connectivity index (χ0n) is 15.6. The second kappa shape index (κ2) is 8.20. The van der Waals surface area contributed by atoms with Gasteiger partial charge >= 0.3 is 0 Å². The molecule has 0 unspecified atom stereocenters. The third-order valence-corrected chi connectivity index (χ3v) is 4.77. The monoisotopic (exact) mass is 370 g/mol. The van der Waals surface area contributed by atoms with E-state index < -0.39 is 5.82 Å². The number of hydrogen-bond donors (Lipinski definition) is 0. The molecule has 1 aliphatic heterocycles. The average Bonchev–Trinajstić information content (AvgIpc) is 2.93. The Morgan fingerprint density at radius 2 is 1.44 bits per heavy atom. The Morgan fingerprint density at radius 3 is 2.00 bits per heavy atom. The van der Waals surface area contributed by atoms with Crippen molar-refractivity contribution in [1.29, 1.82) is 0 Å². The highest BCUT2D eigenvalue weighted by molar-refractivity contribution is 5.95. The summed E-state index contributed by atoms with van der Waals surface area (Å²) in [6, 6.07) is 11.7. The number of methoxy groups -OCH3 is 1. The quantitative estimate of drug-likeness (QED) is 0.834. The van der Waals surface area contributed by atoms with Gasteiger partial charge in [0.25, 0.3) is 11.8 Å². The Hall–Kier alpha value is -2.89. The summed E-state index contributed by atoms with van der Waals surface area (Å²) in [5.74, 6) is -0.715. The van der Waals surface area contributed by atoms with Gasteiger partial charge < -0.3 is 14.5 Å². The number of aryl methyl sites for hydroxylation is 1. The van der Waals surface area contributed by atoms with Crippen LogP contribution in [0.3, 0.4) is 0 Å². The highest BCUT2D eigenvalue weighted by atomic mass is 19.1. The van der Waals surface area contributed by atoms with Crippen molar-refractivity contribution in [3.05, 3.63) is 65.0 Å². The maximum absolute atomic E-state index is 13.9. The van der Waals surface area contributed by atoms with E-state index >= 15 is 0 Å². The summed E-state index contributed by atoms with van der Waals surface area (Å²) in [6.45, 7) is 3.98. The van der Waals surface area contributed by atoms with E-state index in [1.807, 2.05) is 31.2 Å². The van der Waals surface area contributed by atoms with E-state index in [0.717, 1.165) is 5.56 Å². The van der Waals surface area contributed by atoms with E-state index in [0.29, 0.717) is 38.2 Å². The molecule has 6 heteroatoms. The van der Waals surface area contributed by atoms with Crippen LogP contribution in [0, 0.1) is 12.7 Å². The molecular formula is C21H23FN2O3. The van der Waals surface area contributed by atoms with Crippen molar-refractivity contribution < 1.29 is 18.7 Å². The first kappa shape index (κ1) is 18.9. The Morgan fingerprint density at radius 1 is 0.889 bits per heavy atom. The molecule has 27 heavy (non-hydrogen) atoms. The molecule has 0 radical (unpaired) electrons. The molecule has 1 fully saturated rings. The largest absolute Gasteiger partial charge is 0.494 e. The summed E-state index contributed by atoms with van der Waals surface area (Å²) in [5, 5.41) is 0. The Bertz CT molecular complexity index is 836. The molecule has 0 aromatic heterocycles. The van der Waals surface area contributed by atoms with Gasteiger partial charge in [-0.3, -0.25) is 9.59 Å². The lowest BCUT2D eigenvalue weighted by Crippen LogP contribution is -2.37. The molecule has 0 saturated carbocycles. The van der Waals surface area contributed by atoms with Gasteiger partial charge in [0.1, 0.15) is 0 Å². The minimum absolute atomic E-state index is 0.0280. The number of halogens is 1. The molecule has 1 saturated heterocycles. The fourth-order valence-corrected chi connectivity index (χ4v) is 3.18. The van der Waals surface area contributed by atoms with Gasteiger partial charge in [0.05, 0.1) is 7.11 Å². The molecule has 0 N–H and O–H groups in total. The lowest BCUT2D eigenvalue weighted by Gasteiger charge is -2.22. The predicted octanol–water partition coefficient (Wildman–Crippen LogP) is 3.13. The summed E-state index contributed by atoms with van der Waals surface area (Å²) in [6.07, 6.45) is 0.683. The van der Waals surface area contributed by atoms with Gasteiger partial charge in [0.15, 0.2) is 11.6 Å². The molecule has 0 spiro atoms. The molecule has 2 aromatic carbocycles. The van der Waals surface area contributed by atoms with Crippen molar-refractivity contribution in [1.82, 2.24) is 9.80 Å². The van der Waals surface area contributed by atoms with E-state index in [4.69, 9.17) is 4.74 Å². The number of carbonyl (C=O) groups is 2. The van der Waals surface area contributed by atoms with Gasteiger partial charge in [-0.2, -0.15) is 0 Å². The van der Waals surface area contributed by atoms with E-state index in [1.54, 1.807) is 15.9 Å².